The number of hydrogen-bond acceptors (Lipinski definition) is 7. The molecule has 382 valence electrons. The third kappa shape index (κ3) is 50.9. The van der Waals surface area contributed by atoms with Gasteiger partial charge < -0.3 is 18.9 Å². The van der Waals surface area contributed by atoms with Gasteiger partial charge in [-0.2, -0.15) is 0 Å². The monoisotopic (exact) mass is 947 g/mol. The number of unbranched alkanes of at least 4 members (excludes halogenated alkanes) is 22. The fraction of sp³-hybridized carbons (Fsp3) is 0.750. The molecule has 66 heavy (non-hydrogen) atoms. The smallest absolute Gasteiger partial charge is 0.462 e. The molecule has 2 atom stereocenters. The number of quaternary nitrogens is 1. The Labute approximate surface area is 406 Å². The van der Waals surface area contributed by atoms with Crippen LogP contribution in [0.15, 0.2) is 72.9 Å². The van der Waals surface area contributed by atoms with Crippen molar-refractivity contribution in [2.75, 3.05) is 47.5 Å². The fourth-order valence-corrected chi connectivity index (χ4v) is 7.86. The highest BCUT2D eigenvalue weighted by atomic mass is 31.2. The van der Waals surface area contributed by atoms with Gasteiger partial charge in [-0.25, -0.2) is 4.57 Å². The van der Waals surface area contributed by atoms with E-state index < -0.39 is 26.5 Å². The summed E-state index contributed by atoms with van der Waals surface area (Å²) in [5, 5.41) is 0. The van der Waals surface area contributed by atoms with Gasteiger partial charge in [0.15, 0.2) is 6.10 Å². The average Bonchev–Trinajstić information content (AvgIpc) is 3.27. The normalized spacial score (nSPS) is 14.0. The summed E-state index contributed by atoms with van der Waals surface area (Å²) in [6.07, 6.45) is 61.5. The fourth-order valence-electron chi connectivity index (χ4n) is 7.12. The molecule has 0 radical (unpaired) electrons. The van der Waals surface area contributed by atoms with Crippen LogP contribution in [0.1, 0.15) is 219 Å². The van der Waals surface area contributed by atoms with Gasteiger partial charge in [0, 0.05) is 12.8 Å². The number of phosphoric ester groups is 1. The number of likely N-dealkylation sites (N-methyl/N-ethyl adjacent to an activating group) is 1. The van der Waals surface area contributed by atoms with Gasteiger partial charge in [-0.1, -0.05) is 209 Å². The lowest BCUT2D eigenvalue weighted by atomic mass is 10.0. The standard InChI is InChI=1S/C56H100NO8P/c1-6-8-10-12-14-16-18-20-21-22-23-24-25-26-27-28-29-30-31-32-33-34-35-37-38-40-42-44-46-48-55(58)62-52-54(53-64-66(60,61)63-51-50-57(3,4)5)65-56(59)49-47-45-43-41-39-36-19-17-15-13-11-9-7-2/h9,11,15,17-18,20,22-23,36,39,43,45,54H,6-8,10,12-14,16,19,21,24-35,37-38,40-42,44,46-53H2,1-5H3/p+1/b11-9-,17-15-,20-18-,23-22-,39-36-,45-43-. The van der Waals surface area contributed by atoms with Crippen LogP contribution in [-0.4, -0.2) is 74.9 Å². The van der Waals surface area contributed by atoms with E-state index in [0.717, 1.165) is 51.4 Å². The van der Waals surface area contributed by atoms with E-state index in [1.165, 1.54) is 135 Å². The van der Waals surface area contributed by atoms with Crippen molar-refractivity contribution in [3.8, 4) is 0 Å². The number of carbonyl (C=O) groups is 2. The molecule has 0 amide bonds. The van der Waals surface area contributed by atoms with E-state index in [1.807, 2.05) is 33.3 Å². The van der Waals surface area contributed by atoms with E-state index in [-0.39, 0.29) is 32.0 Å². The minimum Gasteiger partial charge on any atom is -0.462 e. The average molecular weight is 947 g/mol. The number of carbonyl (C=O) groups excluding carboxylic acids is 2. The Bertz CT molecular complexity index is 1350. The summed E-state index contributed by atoms with van der Waals surface area (Å²) in [4.78, 5) is 35.4. The third-order valence-corrected chi connectivity index (χ3v) is 12.2. The Balaban J connectivity index is 4.11. The van der Waals surface area contributed by atoms with Gasteiger partial charge in [0.05, 0.1) is 27.7 Å². The van der Waals surface area contributed by atoms with E-state index >= 15 is 0 Å². The van der Waals surface area contributed by atoms with Crippen LogP contribution in [0.3, 0.4) is 0 Å². The zero-order valence-electron chi connectivity index (χ0n) is 43.2. The van der Waals surface area contributed by atoms with Crippen LogP contribution in [0.5, 0.6) is 0 Å². The lowest BCUT2D eigenvalue weighted by Gasteiger charge is -2.24. The van der Waals surface area contributed by atoms with Crippen molar-refractivity contribution in [2.24, 2.45) is 0 Å². The Kier molecular flexibility index (Phi) is 45.7. The van der Waals surface area contributed by atoms with Gasteiger partial charge in [-0.3, -0.25) is 18.6 Å². The molecule has 1 N–H and O–H groups in total. The maximum Gasteiger partial charge on any atom is 0.472 e. The van der Waals surface area contributed by atoms with E-state index in [2.05, 4.69) is 74.6 Å². The van der Waals surface area contributed by atoms with Crippen LogP contribution in [0.2, 0.25) is 0 Å². The lowest BCUT2D eigenvalue weighted by molar-refractivity contribution is -0.870. The Hall–Kier alpha value is -2.55. The van der Waals surface area contributed by atoms with Crippen molar-refractivity contribution in [3.63, 3.8) is 0 Å². The van der Waals surface area contributed by atoms with Gasteiger partial charge >= 0.3 is 19.8 Å². The van der Waals surface area contributed by atoms with E-state index in [4.69, 9.17) is 18.5 Å². The minimum atomic E-state index is -4.40. The van der Waals surface area contributed by atoms with E-state index in [1.54, 1.807) is 0 Å². The molecule has 0 bridgehead atoms. The number of allylic oxidation sites excluding steroid dienone is 12. The van der Waals surface area contributed by atoms with E-state index in [9.17, 15) is 19.0 Å². The molecule has 0 saturated heterocycles. The van der Waals surface area contributed by atoms with Crippen LogP contribution < -0.4 is 0 Å². The quantitative estimate of drug-likeness (QED) is 0.0211. The van der Waals surface area contributed by atoms with Crippen molar-refractivity contribution in [3.05, 3.63) is 72.9 Å². The highest BCUT2D eigenvalue weighted by Gasteiger charge is 2.27. The second kappa shape index (κ2) is 47.5. The van der Waals surface area contributed by atoms with Crippen molar-refractivity contribution < 1.29 is 42.1 Å². The molecule has 0 aliphatic carbocycles. The van der Waals surface area contributed by atoms with Crippen molar-refractivity contribution in [2.45, 2.75) is 225 Å². The molecule has 2 unspecified atom stereocenters. The molecule has 0 spiro atoms. The first kappa shape index (κ1) is 63.5. The Morgan fingerprint density at radius 1 is 0.485 bits per heavy atom. The summed E-state index contributed by atoms with van der Waals surface area (Å²) in [6.45, 7) is 4.22. The van der Waals surface area contributed by atoms with Gasteiger partial charge in [-0.15, -0.1) is 0 Å². The molecule has 9 nitrogen and oxygen atoms in total. The largest absolute Gasteiger partial charge is 0.472 e. The molecular weight excluding hydrogens is 846 g/mol. The molecule has 10 heteroatoms. The van der Waals surface area contributed by atoms with Crippen LogP contribution in [0.25, 0.3) is 0 Å². The molecule has 0 fully saturated rings. The summed E-state index contributed by atoms with van der Waals surface area (Å²) in [5.74, 6) is -0.892. The van der Waals surface area contributed by atoms with Gasteiger partial charge in [0.2, 0.25) is 0 Å². The summed E-state index contributed by atoms with van der Waals surface area (Å²) in [6, 6.07) is 0. The Morgan fingerprint density at radius 2 is 0.894 bits per heavy atom. The summed E-state index contributed by atoms with van der Waals surface area (Å²) >= 11 is 0. The molecule has 0 saturated carbocycles. The molecule has 0 aliphatic heterocycles. The molecule has 0 aromatic heterocycles. The van der Waals surface area contributed by atoms with Crippen LogP contribution >= 0.6 is 7.82 Å². The number of phosphoric acid groups is 1. The zero-order chi connectivity index (χ0) is 48.5. The predicted octanol–water partition coefficient (Wildman–Crippen LogP) is 16.1. The number of rotatable bonds is 48. The summed E-state index contributed by atoms with van der Waals surface area (Å²) < 4.78 is 34.3. The van der Waals surface area contributed by atoms with Gasteiger partial charge in [0.1, 0.15) is 19.8 Å². The number of hydrogen-bond donors (Lipinski definition) is 1. The van der Waals surface area contributed by atoms with Gasteiger partial charge in [-0.05, 0) is 70.6 Å². The number of ether oxygens (including phenoxy) is 2. The first-order valence-corrected chi connectivity index (χ1v) is 28.2. The maximum atomic E-state index is 12.7. The highest BCUT2D eigenvalue weighted by Crippen LogP contribution is 2.43. The number of nitrogens with zero attached hydrogens (tertiary/aromatic N) is 1. The highest BCUT2D eigenvalue weighted by molar-refractivity contribution is 7.47. The molecule has 0 aliphatic rings. The molecule has 0 aromatic rings. The zero-order valence-corrected chi connectivity index (χ0v) is 44.1. The SMILES string of the molecule is CC/C=C\C/C=C\C/C=C\C/C=C\CCC(=O)OC(COC(=O)CCCCCCCCCCCCCCCCCCC/C=C\C/C=C\CCCCCCC)COP(=O)(O)OCC[N+](C)(C)C. The molecule has 0 aromatic carbocycles. The topological polar surface area (TPSA) is 108 Å². The van der Waals surface area contributed by atoms with Crippen molar-refractivity contribution in [1.82, 2.24) is 0 Å². The molecule has 0 heterocycles. The Morgan fingerprint density at radius 3 is 1.35 bits per heavy atom. The van der Waals surface area contributed by atoms with Crippen molar-refractivity contribution in [1.29, 1.82) is 0 Å². The lowest BCUT2D eigenvalue weighted by Crippen LogP contribution is -2.37. The third-order valence-electron chi connectivity index (χ3n) is 11.2. The maximum absolute atomic E-state index is 12.7. The second-order valence-corrected chi connectivity index (χ2v) is 20.3. The first-order chi connectivity index (χ1) is 32.0. The predicted molar refractivity (Wildman–Crippen MR) is 279 cm³/mol. The van der Waals surface area contributed by atoms with Crippen LogP contribution in [0.4, 0.5) is 0 Å². The van der Waals surface area contributed by atoms with Crippen LogP contribution in [-0.2, 0) is 32.7 Å². The van der Waals surface area contributed by atoms with Crippen LogP contribution in [0, 0.1) is 0 Å². The first-order valence-electron chi connectivity index (χ1n) is 26.7. The van der Waals surface area contributed by atoms with E-state index in [0.29, 0.717) is 17.4 Å². The number of esters is 2. The minimum absolute atomic E-state index is 0.0170. The van der Waals surface area contributed by atoms with Crippen molar-refractivity contribution >= 4 is 19.8 Å². The summed E-state index contributed by atoms with van der Waals surface area (Å²) in [5.41, 5.74) is 0. The van der Waals surface area contributed by atoms with Gasteiger partial charge in [0.25, 0.3) is 0 Å². The molecular formula is C56H101NO8P+. The summed E-state index contributed by atoms with van der Waals surface area (Å²) in [7, 11) is 1.43. The molecule has 0 rings (SSSR count). The second-order valence-electron chi connectivity index (χ2n) is 18.9.